The Morgan fingerprint density at radius 3 is 2.46 bits per heavy atom. The summed E-state index contributed by atoms with van der Waals surface area (Å²) in [6.45, 7) is 1.45. The summed E-state index contributed by atoms with van der Waals surface area (Å²) in [6, 6.07) is 13.4. The first-order valence-electron chi connectivity index (χ1n) is 11.2. The first-order chi connectivity index (χ1) is 16.9. The van der Waals surface area contributed by atoms with Crippen LogP contribution in [-0.4, -0.2) is 46.2 Å². The second-order valence-electron chi connectivity index (χ2n) is 8.28. The number of alkyl halides is 3. The number of halogens is 3. The van der Waals surface area contributed by atoms with Gasteiger partial charge in [-0.15, -0.1) is 0 Å². The van der Waals surface area contributed by atoms with E-state index in [9.17, 15) is 13.2 Å². The molecule has 35 heavy (non-hydrogen) atoms. The number of rotatable bonds is 5. The topological polar surface area (TPSA) is 76.1 Å². The molecule has 1 saturated heterocycles. The van der Waals surface area contributed by atoms with Crippen molar-refractivity contribution >= 4 is 22.7 Å². The summed E-state index contributed by atoms with van der Waals surface area (Å²) in [5.41, 5.74) is 0.661. The highest BCUT2D eigenvalue weighted by molar-refractivity contribution is 5.99. The van der Waals surface area contributed by atoms with E-state index in [0.717, 1.165) is 37.6 Å². The van der Waals surface area contributed by atoms with E-state index in [1.54, 1.807) is 25.6 Å². The standard InChI is InChI=1S/C25H23F3N6O/c1-35-21-9-12-29-24(33-21)34-13-10-17(11-14-34)31-23-18-7-8-20(25(26,27)28)32-22(18)19(15-30-23)16-5-3-2-4-6-16/h2-9,12,15,17H,10-11,13-14H2,1H3,(H,30,31). The molecule has 0 atom stereocenters. The van der Waals surface area contributed by atoms with Crippen molar-refractivity contribution in [2.75, 3.05) is 30.4 Å². The SMILES string of the molecule is COc1ccnc(N2CCC(Nc3ncc(-c4ccccc4)c4nc(C(F)(F)F)ccc34)CC2)n1. The summed E-state index contributed by atoms with van der Waals surface area (Å²) in [7, 11) is 1.56. The van der Waals surface area contributed by atoms with E-state index in [4.69, 9.17) is 4.74 Å². The smallest absolute Gasteiger partial charge is 0.433 e. The van der Waals surface area contributed by atoms with Crippen LogP contribution in [0.5, 0.6) is 5.88 Å². The largest absolute Gasteiger partial charge is 0.481 e. The van der Waals surface area contributed by atoms with E-state index in [1.807, 2.05) is 30.3 Å². The molecule has 1 N–H and O–H groups in total. The van der Waals surface area contributed by atoms with Gasteiger partial charge < -0.3 is 15.0 Å². The molecule has 0 saturated carbocycles. The molecule has 10 heteroatoms. The summed E-state index contributed by atoms with van der Waals surface area (Å²) in [5, 5.41) is 3.98. The molecule has 4 heterocycles. The molecule has 0 spiro atoms. The Morgan fingerprint density at radius 2 is 1.74 bits per heavy atom. The van der Waals surface area contributed by atoms with Crippen LogP contribution in [0, 0.1) is 0 Å². The minimum absolute atomic E-state index is 0.0948. The summed E-state index contributed by atoms with van der Waals surface area (Å²) in [5.74, 6) is 1.65. The lowest BCUT2D eigenvalue weighted by molar-refractivity contribution is -0.140. The Bertz CT molecular complexity index is 1320. The number of anilines is 2. The number of fused-ring (bicyclic) bond motifs is 1. The summed E-state index contributed by atoms with van der Waals surface area (Å²) < 4.78 is 45.5. The molecule has 1 fully saturated rings. The third-order valence-corrected chi connectivity index (χ3v) is 6.05. The lowest BCUT2D eigenvalue weighted by atomic mass is 10.0. The van der Waals surface area contributed by atoms with Crippen molar-refractivity contribution in [3.63, 3.8) is 0 Å². The molecule has 180 valence electrons. The van der Waals surface area contributed by atoms with Crippen molar-refractivity contribution < 1.29 is 17.9 Å². The molecule has 0 amide bonds. The van der Waals surface area contributed by atoms with Gasteiger partial charge in [0, 0.05) is 48.5 Å². The second-order valence-corrected chi connectivity index (χ2v) is 8.28. The number of aromatic nitrogens is 4. The van der Waals surface area contributed by atoms with E-state index < -0.39 is 11.9 Å². The Hall–Kier alpha value is -3.95. The molecule has 7 nitrogen and oxygen atoms in total. The van der Waals surface area contributed by atoms with Crippen LogP contribution in [0.1, 0.15) is 18.5 Å². The van der Waals surface area contributed by atoms with Crippen molar-refractivity contribution in [3.8, 4) is 17.0 Å². The van der Waals surface area contributed by atoms with Crippen LogP contribution >= 0.6 is 0 Å². The van der Waals surface area contributed by atoms with Crippen LogP contribution < -0.4 is 15.0 Å². The van der Waals surface area contributed by atoms with Gasteiger partial charge >= 0.3 is 6.18 Å². The average molecular weight is 480 g/mol. The number of pyridine rings is 2. The van der Waals surface area contributed by atoms with Gasteiger partial charge in [-0.05, 0) is 30.5 Å². The van der Waals surface area contributed by atoms with Gasteiger partial charge in [0.25, 0.3) is 0 Å². The summed E-state index contributed by atoms with van der Waals surface area (Å²) in [4.78, 5) is 19.4. The van der Waals surface area contributed by atoms with E-state index in [-0.39, 0.29) is 11.6 Å². The number of piperidine rings is 1. The second kappa shape index (κ2) is 9.36. The van der Waals surface area contributed by atoms with Crippen molar-refractivity contribution in [1.82, 2.24) is 19.9 Å². The number of hydrogen-bond acceptors (Lipinski definition) is 7. The van der Waals surface area contributed by atoms with Crippen LogP contribution in [0.4, 0.5) is 24.9 Å². The molecule has 0 radical (unpaired) electrons. The van der Waals surface area contributed by atoms with Crippen molar-refractivity contribution in [1.29, 1.82) is 0 Å². The molecule has 1 aliphatic rings. The molecular weight excluding hydrogens is 457 g/mol. The molecular formula is C25H23F3N6O. The zero-order valence-electron chi connectivity index (χ0n) is 19.0. The van der Waals surface area contributed by atoms with Crippen LogP contribution in [-0.2, 0) is 6.18 Å². The fourth-order valence-corrected chi connectivity index (χ4v) is 4.23. The minimum atomic E-state index is -4.53. The maximum atomic E-state index is 13.4. The van der Waals surface area contributed by atoms with Gasteiger partial charge in [0.1, 0.15) is 11.5 Å². The van der Waals surface area contributed by atoms with Gasteiger partial charge in [-0.25, -0.2) is 15.0 Å². The van der Waals surface area contributed by atoms with Gasteiger partial charge in [-0.3, -0.25) is 0 Å². The first kappa shape index (κ1) is 22.8. The van der Waals surface area contributed by atoms with Crippen molar-refractivity contribution in [2.45, 2.75) is 25.1 Å². The lowest BCUT2D eigenvalue weighted by Gasteiger charge is -2.32. The fourth-order valence-electron chi connectivity index (χ4n) is 4.23. The number of ether oxygens (including phenoxy) is 1. The van der Waals surface area contributed by atoms with E-state index in [2.05, 4.69) is 30.2 Å². The molecule has 0 aliphatic carbocycles. The Kier molecular flexibility index (Phi) is 6.10. The van der Waals surface area contributed by atoms with Crippen LogP contribution in [0.3, 0.4) is 0 Å². The van der Waals surface area contributed by atoms with Crippen LogP contribution in [0.15, 0.2) is 60.9 Å². The average Bonchev–Trinajstić information content (AvgIpc) is 2.89. The lowest BCUT2D eigenvalue weighted by Crippen LogP contribution is -2.40. The molecule has 1 aromatic carbocycles. The predicted molar refractivity (Wildman–Crippen MR) is 127 cm³/mol. The molecule has 5 rings (SSSR count). The molecule has 4 aromatic rings. The Labute approximate surface area is 200 Å². The third kappa shape index (κ3) is 4.82. The van der Waals surface area contributed by atoms with Crippen molar-refractivity contribution in [3.05, 3.63) is 66.6 Å². The number of benzene rings is 1. The minimum Gasteiger partial charge on any atom is -0.481 e. The monoisotopic (exact) mass is 480 g/mol. The van der Waals surface area contributed by atoms with Gasteiger partial charge in [-0.2, -0.15) is 18.2 Å². The molecule has 0 unspecified atom stereocenters. The quantitative estimate of drug-likeness (QED) is 0.421. The molecule has 1 aliphatic heterocycles. The maximum Gasteiger partial charge on any atom is 0.433 e. The van der Waals surface area contributed by atoms with Crippen LogP contribution in [0.25, 0.3) is 22.0 Å². The number of hydrogen-bond donors (Lipinski definition) is 1. The normalized spacial score (nSPS) is 14.8. The van der Waals surface area contributed by atoms with Crippen LogP contribution in [0.2, 0.25) is 0 Å². The third-order valence-electron chi connectivity index (χ3n) is 6.05. The Morgan fingerprint density at radius 1 is 0.971 bits per heavy atom. The highest BCUT2D eigenvalue weighted by atomic mass is 19.4. The van der Waals surface area contributed by atoms with E-state index in [1.165, 1.54) is 6.07 Å². The van der Waals surface area contributed by atoms with Gasteiger partial charge in [0.2, 0.25) is 11.8 Å². The summed E-state index contributed by atoms with van der Waals surface area (Å²) in [6.07, 6.45) is 0.301. The zero-order chi connectivity index (χ0) is 24.4. The molecule has 3 aromatic heterocycles. The maximum absolute atomic E-state index is 13.4. The Balaban J connectivity index is 1.41. The fraction of sp³-hybridized carbons (Fsp3) is 0.280. The van der Waals surface area contributed by atoms with Gasteiger partial charge in [0.05, 0.1) is 12.6 Å². The summed E-state index contributed by atoms with van der Waals surface area (Å²) >= 11 is 0. The highest BCUT2D eigenvalue weighted by Gasteiger charge is 2.33. The first-order valence-corrected chi connectivity index (χ1v) is 11.2. The predicted octanol–water partition coefficient (Wildman–Crippen LogP) is 5.20. The zero-order valence-corrected chi connectivity index (χ0v) is 19.0. The van der Waals surface area contributed by atoms with Crippen molar-refractivity contribution in [2.24, 2.45) is 0 Å². The number of nitrogens with one attached hydrogen (secondary N) is 1. The number of nitrogens with zero attached hydrogens (tertiary/aromatic N) is 5. The van der Waals surface area contributed by atoms with E-state index >= 15 is 0 Å². The van der Waals surface area contributed by atoms with Gasteiger partial charge in [-0.1, -0.05) is 30.3 Å². The highest BCUT2D eigenvalue weighted by Crippen LogP contribution is 2.35. The number of methoxy groups -OCH3 is 1. The van der Waals surface area contributed by atoms with Gasteiger partial charge in [0.15, 0.2) is 0 Å². The molecule has 0 bridgehead atoms. The van der Waals surface area contributed by atoms with E-state index in [0.29, 0.717) is 28.6 Å².